The molecule has 1 aliphatic rings. The van der Waals surface area contributed by atoms with E-state index in [1.165, 1.54) is 48.8 Å². The Bertz CT molecular complexity index is 450. The molecule has 108 valence electrons. The number of aliphatic hydroxyl groups excluding tert-OH is 1. The Morgan fingerprint density at radius 1 is 1.25 bits per heavy atom. The third-order valence-corrected chi connectivity index (χ3v) is 4.31. The maximum atomic E-state index is 10.3. The molecule has 0 aliphatic heterocycles. The standard InChI is InChI=1S/C19H26O/c1-3-10-18(16-11-6-4-7-12-16)19(15(2)20)17-13-8-5-9-14-17/h3-4,6-7,11-12,15,17,20H,1,5,8-10,13-14H2,2H3/b19-18-. The molecule has 1 N–H and O–H groups in total. The molecule has 2 rings (SSSR count). The molecular weight excluding hydrogens is 244 g/mol. The second-order valence-corrected chi connectivity index (χ2v) is 5.80. The number of hydrogen-bond acceptors (Lipinski definition) is 1. The Labute approximate surface area is 123 Å². The number of allylic oxidation sites excluding steroid dienone is 2. The smallest absolute Gasteiger partial charge is 0.0730 e. The molecule has 1 aromatic carbocycles. The fourth-order valence-electron chi connectivity index (χ4n) is 3.44. The van der Waals surface area contributed by atoms with Gasteiger partial charge in [0.15, 0.2) is 0 Å². The fraction of sp³-hybridized carbons (Fsp3) is 0.474. The molecule has 0 heterocycles. The third-order valence-electron chi connectivity index (χ3n) is 4.31. The van der Waals surface area contributed by atoms with E-state index in [4.69, 9.17) is 0 Å². The van der Waals surface area contributed by atoms with Crippen molar-refractivity contribution in [3.05, 3.63) is 54.1 Å². The highest BCUT2D eigenvalue weighted by Gasteiger charge is 2.24. The number of hydrogen-bond donors (Lipinski definition) is 1. The first kappa shape index (κ1) is 15.1. The zero-order chi connectivity index (χ0) is 14.4. The van der Waals surface area contributed by atoms with Crippen molar-refractivity contribution >= 4 is 5.57 Å². The van der Waals surface area contributed by atoms with Gasteiger partial charge in [-0.1, -0.05) is 55.7 Å². The molecule has 1 atom stereocenters. The molecule has 0 bridgehead atoms. The van der Waals surface area contributed by atoms with Crippen molar-refractivity contribution in [1.82, 2.24) is 0 Å². The van der Waals surface area contributed by atoms with Gasteiger partial charge in [0.25, 0.3) is 0 Å². The number of rotatable bonds is 5. The Morgan fingerprint density at radius 3 is 2.45 bits per heavy atom. The van der Waals surface area contributed by atoms with Gasteiger partial charge in [0.2, 0.25) is 0 Å². The van der Waals surface area contributed by atoms with Crippen LogP contribution in [0.15, 0.2) is 48.6 Å². The van der Waals surface area contributed by atoms with Crippen LogP contribution < -0.4 is 0 Å². The summed E-state index contributed by atoms with van der Waals surface area (Å²) in [7, 11) is 0. The lowest BCUT2D eigenvalue weighted by Gasteiger charge is -2.29. The van der Waals surface area contributed by atoms with Crippen LogP contribution in [0.4, 0.5) is 0 Å². The monoisotopic (exact) mass is 270 g/mol. The summed E-state index contributed by atoms with van der Waals surface area (Å²) in [6.45, 7) is 5.81. The molecule has 1 heteroatoms. The van der Waals surface area contributed by atoms with Crippen LogP contribution in [0, 0.1) is 5.92 Å². The second kappa shape index (κ2) is 7.44. The Balaban J connectivity index is 2.44. The lowest BCUT2D eigenvalue weighted by Crippen LogP contribution is -2.19. The Kier molecular flexibility index (Phi) is 5.60. The second-order valence-electron chi connectivity index (χ2n) is 5.80. The van der Waals surface area contributed by atoms with Crippen LogP contribution >= 0.6 is 0 Å². The Hall–Kier alpha value is -1.34. The van der Waals surface area contributed by atoms with Gasteiger partial charge in [0, 0.05) is 0 Å². The van der Waals surface area contributed by atoms with E-state index in [9.17, 15) is 5.11 Å². The molecule has 1 nitrogen and oxygen atoms in total. The van der Waals surface area contributed by atoms with Crippen molar-refractivity contribution in [3.8, 4) is 0 Å². The van der Waals surface area contributed by atoms with Gasteiger partial charge < -0.3 is 5.11 Å². The molecule has 0 aromatic heterocycles. The SMILES string of the molecule is C=CC/C(=C(\C(C)O)C1CCCCC1)c1ccccc1. The lowest BCUT2D eigenvalue weighted by molar-refractivity contribution is 0.207. The summed E-state index contributed by atoms with van der Waals surface area (Å²) in [6, 6.07) is 10.5. The zero-order valence-electron chi connectivity index (χ0n) is 12.5. The van der Waals surface area contributed by atoms with Crippen LogP contribution in [0.1, 0.15) is 51.0 Å². The normalized spacial score (nSPS) is 19.3. The molecular formula is C19H26O. The molecule has 1 saturated carbocycles. The maximum Gasteiger partial charge on any atom is 0.0730 e. The van der Waals surface area contributed by atoms with Crippen LogP contribution in [0.25, 0.3) is 5.57 Å². The van der Waals surface area contributed by atoms with E-state index in [0.29, 0.717) is 5.92 Å². The molecule has 0 radical (unpaired) electrons. The number of benzene rings is 1. The van der Waals surface area contributed by atoms with E-state index in [1.54, 1.807) is 0 Å². The summed E-state index contributed by atoms with van der Waals surface area (Å²) in [6.07, 6.45) is 8.77. The molecule has 0 amide bonds. The van der Waals surface area contributed by atoms with Gasteiger partial charge >= 0.3 is 0 Å². The van der Waals surface area contributed by atoms with Gasteiger partial charge in [-0.2, -0.15) is 0 Å². The lowest BCUT2D eigenvalue weighted by atomic mass is 9.78. The van der Waals surface area contributed by atoms with Crippen LogP contribution in [-0.2, 0) is 0 Å². The minimum Gasteiger partial charge on any atom is -0.389 e. The average Bonchev–Trinajstić information content (AvgIpc) is 2.48. The molecule has 1 aliphatic carbocycles. The largest absolute Gasteiger partial charge is 0.389 e. The molecule has 1 unspecified atom stereocenters. The Morgan fingerprint density at radius 2 is 1.90 bits per heavy atom. The van der Waals surface area contributed by atoms with Gasteiger partial charge in [-0.3, -0.25) is 0 Å². The van der Waals surface area contributed by atoms with Crippen molar-refractivity contribution in [2.24, 2.45) is 5.92 Å². The fourth-order valence-corrected chi connectivity index (χ4v) is 3.44. The van der Waals surface area contributed by atoms with Gasteiger partial charge in [-0.15, -0.1) is 6.58 Å². The molecule has 20 heavy (non-hydrogen) atoms. The van der Waals surface area contributed by atoms with E-state index < -0.39 is 0 Å². The predicted octanol–water partition coefficient (Wildman–Crippen LogP) is 4.98. The van der Waals surface area contributed by atoms with E-state index in [-0.39, 0.29) is 6.10 Å². The summed E-state index contributed by atoms with van der Waals surface area (Å²) >= 11 is 0. The van der Waals surface area contributed by atoms with Gasteiger partial charge in [0.05, 0.1) is 6.10 Å². The zero-order valence-corrected chi connectivity index (χ0v) is 12.5. The van der Waals surface area contributed by atoms with E-state index in [2.05, 4.69) is 30.8 Å². The topological polar surface area (TPSA) is 20.2 Å². The average molecular weight is 270 g/mol. The van der Waals surface area contributed by atoms with Crippen LogP contribution in [-0.4, -0.2) is 11.2 Å². The van der Waals surface area contributed by atoms with E-state index in [0.717, 1.165) is 6.42 Å². The van der Waals surface area contributed by atoms with Crippen molar-refractivity contribution in [3.63, 3.8) is 0 Å². The van der Waals surface area contributed by atoms with E-state index in [1.807, 2.05) is 19.1 Å². The third kappa shape index (κ3) is 3.61. The molecule has 0 spiro atoms. The summed E-state index contributed by atoms with van der Waals surface area (Å²) in [5.41, 5.74) is 3.76. The first-order chi connectivity index (χ1) is 9.74. The quantitative estimate of drug-likeness (QED) is 0.748. The van der Waals surface area contributed by atoms with Crippen molar-refractivity contribution in [2.45, 2.75) is 51.6 Å². The highest BCUT2D eigenvalue weighted by atomic mass is 16.3. The van der Waals surface area contributed by atoms with Gasteiger partial charge in [0.1, 0.15) is 0 Å². The van der Waals surface area contributed by atoms with E-state index >= 15 is 0 Å². The molecule has 1 fully saturated rings. The summed E-state index contributed by atoms with van der Waals surface area (Å²) in [4.78, 5) is 0. The first-order valence-electron chi connectivity index (χ1n) is 7.81. The van der Waals surface area contributed by atoms with Gasteiger partial charge in [-0.25, -0.2) is 0 Å². The number of aliphatic hydroxyl groups is 1. The molecule has 0 saturated heterocycles. The van der Waals surface area contributed by atoms with Crippen LogP contribution in [0.2, 0.25) is 0 Å². The summed E-state index contributed by atoms with van der Waals surface area (Å²) in [5, 5.41) is 10.3. The summed E-state index contributed by atoms with van der Waals surface area (Å²) in [5.74, 6) is 0.541. The van der Waals surface area contributed by atoms with Crippen LogP contribution in [0.3, 0.4) is 0 Å². The van der Waals surface area contributed by atoms with Crippen molar-refractivity contribution in [1.29, 1.82) is 0 Å². The minimum absolute atomic E-state index is 0.367. The minimum atomic E-state index is -0.367. The predicted molar refractivity (Wildman–Crippen MR) is 86.4 cm³/mol. The maximum absolute atomic E-state index is 10.3. The highest BCUT2D eigenvalue weighted by Crippen LogP contribution is 2.37. The van der Waals surface area contributed by atoms with Crippen molar-refractivity contribution in [2.75, 3.05) is 0 Å². The van der Waals surface area contributed by atoms with Gasteiger partial charge in [-0.05, 0) is 48.8 Å². The van der Waals surface area contributed by atoms with Crippen molar-refractivity contribution < 1.29 is 5.11 Å². The first-order valence-corrected chi connectivity index (χ1v) is 7.81. The van der Waals surface area contributed by atoms with Crippen LogP contribution in [0.5, 0.6) is 0 Å². The molecule has 1 aromatic rings. The summed E-state index contributed by atoms with van der Waals surface area (Å²) < 4.78 is 0. The highest BCUT2D eigenvalue weighted by molar-refractivity contribution is 5.70.